The van der Waals surface area contributed by atoms with Crippen LogP contribution in [-0.2, 0) is 0 Å². The normalized spacial score (nSPS) is 8.96. The molecule has 134 valence electrons. The average molecular weight is 370 g/mol. The van der Waals surface area contributed by atoms with E-state index >= 15 is 0 Å². The van der Waals surface area contributed by atoms with Gasteiger partial charge in [-0.15, -0.1) is 12.6 Å². The maximum Gasteiger partial charge on any atom is 0.335 e. The summed E-state index contributed by atoms with van der Waals surface area (Å²) in [6, 6.07) is 23.5. The van der Waals surface area contributed by atoms with E-state index in [4.69, 9.17) is 15.3 Å². The molecule has 0 saturated heterocycles. The van der Waals surface area contributed by atoms with Crippen molar-refractivity contribution in [2.75, 3.05) is 0 Å². The molecule has 0 aliphatic heterocycles. The second-order valence-electron chi connectivity index (χ2n) is 4.83. The number of rotatable bonds is 2. The van der Waals surface area contributed by atoms with Crippen molar-refractivity contribution in [1.82, 2.24) is 0 Å². The topological polar surface area (TPSA) is 94.8 Å². The van der Waals surface area contributed by atoms with E-state index in [1.807, 2.05) is 6.07 Å². The van der Waals surface area contributed by atoms with Gasteiger partial charge in [0, 0.05) is 4.90 Å². The van der Waals surface area contributed by atoms with E-state index in [1.54, 1.807) is 78.9 Å². The molecule has 0 unspecified atom stereocenters. The van der Waals surface area contributed by atoms with Crippen molar-refractivity contribution in [2.45, 2.75) is 4.90 Å². The summed E-state index contributed by atoms with van der Waals surface area (Å²) in [5.74, 6) is -1.53. The highest BCUT2D eigenvalue weighted by Gasteiger charge is 1.97. The van der Waals surface area contributed by atoms with Crippen molar-refractivity contribution in [3.8, 4) is 5.75 Å². The van der Waals surface area contributed by atoms with Crippen molar-refractivity contribution in [1.29, 1.82) is 0 Å². The Labute approximate surface area is 156 Å². The Bertz CT molecular complexity index is 749. The monoisotopic (exact) mass is 370 g/mol. The fourth-order valence-corrected chi connectivity index (χ4v) is 1.79. The van der Waals surface area contributed by atoms with Gasteiger partial charge >= 0.3 is 11.9 Å². The summed E-state index contributed by atoms with van der Waals surface area (Å²) in [6.45, 7) is 0. The van der Waals surface area contributed by atoms with Gasteiger partial charge in [0.25, 0.3) is 0 Å². The Morgan fingerprint density at radius 3 is 1.19 bits per heavy atom. The quantitative estimate of drug-likeness (QED) is 0.500. The van der Waals surface area contributed by atoms with Gasteiger partial charge in [-0.2, -0.15) is 0 Å². The zero-order valence-electron chi connectivity index (χ0n) is 13.7. The molecule has 0 spiro atoms. The third kappa shape index (κ3) is 8.03. The number of hydrogen-bond donors (Lipinski definition) is 4. The number of carboxylic acids is 2. The number of aromatic carboxylic acids is 2. The lowest BCUT2D eigenvalue weighted by Crippen LogP contribution is -1.93. The van der Waals surface area contributed by atoms with Gasteiger partial charge in [-0.1, -0.05) is 48.5 Å². The van der Waals surface area contributed by atoms with Crippen molar-refractivity contribution in [3.05, 3.63) is 96.1 Å². The molecule has 3 N–H and O–H groups in total. The van der Waals surface area contributed by atoms with Gasteiger partial charge in [0.2, 0.25) is 0 Å². The number of hydrogen-bond acceptors (Lipinski definition) is 4. The fourth-order valence-electron chi connectivity index (χ4n) is 1.63. The predicted octanol–water partition coefficient (Wildman–Crippen LogP) is 4.45. The second-order valence-corrected chi connectivity index (χ2v) is 5.31. The zero-order valence-corrected chi connectivity index (χ0v) is 14.6. The van der Waals surface area contributed by atoms with Crippen LogP contribution in [0.15, 0.2) is 89.8 Å². The van der Waals surface area contributed by atoms with Crippen LogP contribution in [0.4, 0.5) is 0 Å². The molecule has 5 nitrogen and oxygen atoms in total. The van der Waals surface area contributed by atoms with Gasteiger partial charge in [-0.05, 0) is 36.4 Å². The Balaban J connectivity index is 0.000000195. The van der Waals surface area contributed by atoms with Gasteiger partial charge in [0.1, 0.15) is 5.75 Å². The molecule has 0 radical (unpaired) electrons. The number of aromatic hydroxyl groups is 1. The molecule has 0 atom stereocenters. The minimum atomic E-state index is -0.879. The van der Waals surface area contributed by atoms with Crippen LogP contribution in [0.5, 0.6) is 5.75 Å². The van der Waals surface area contributed by atoms with Gasteiger partial charge < -0.3 is 15.3 Å². The first kappa shape index (κ1) is 20.8. The van der Waals surface area contributed by atoms with E-state index in [9.17, 15) is 9.59 Å². The maximum absolute atomic E-state index is 10.2. The molecule has 3 aromatic rings. The summed E-state index contributed by atoms with van der Waals surface area (Å²) in [6.07, 6.45) is 0. The van der Waals surface area contributed by atoms with E-state index in [0.717, 1.165) is 0 Å². The number of carboxylic acid groups (broad SMARTS) is 2. The number of phenolic OH excluding ortho intramolecular Hbond substituents is 1. The van der Waals surface area contributed by atoms with Gasteiger partial charge in [-0.3, -0.25) is 0 Å². The highest BCUT2D eigenvalue weighted by Crippen LogP contribution is 2.18. The Morgan fingerprint density at radius 1 is 0.615 bits per heavy atom. The standard InChI is InChI=1S/2C7H6O2.C6H6OS/c2*8-7(9)6-4-2-1-3-5-6;7-5-3-1-2-4-6(5)8/h2*1-5H,(H,8,9);1-4,7-8H. The molecular formula is C20H18O5S. The average Bonchev–Trinajstić information content (AvgIpc) is 2.66. The molecular weight excluding hydrogens is 352 g/mol. The number of thiol groups is 1. The van der Waals surface area contributed by atoms with Crippen molar-refractivity contribution < 1.29 is 24.9 Å². The van der Waals surface area contributed by atoms with Gasteiger partial charge in [-0.25, -0.2) is 9.59 Å². The summed E-state index contributed by atoms with van der Waals surface area (Å²) < 4.78 is 0. The van der Waals surface area contributed by atoms with Crippen LogP contribution in [0.3, 0.4) is 0 Å². The molecule has 3 rings (SSSR count). The molecule has 0 aliphatic carbocycles. The van der Waals surface area contributed by atoms with Crippen molar-refractivity contribution >= 4 is 24.6 Å². The highest BCUT2D eigenvalue weighted by molar-refractivity contribution is 7.80. The van der Waals surface area contributed by atoms with Crippen LogP contribution in [0.25, 0.3) is 0 Å². The van der Waals surface area contributed by atoms with Crippen molar-refractivity contribution in [3.63, 3.8) is 0 Å². The molecule has 0 bridgehead atoms. The van der Waals surface area contributed by atoms with Crippen LogP contribution < -0.4 is 0 Å². The second kappa shape index (κ2) is 11.3. The minimum absolute atomic E-state index is 0.232. The summed E-state index contributed by atoms with van der Waals surface area (Å²) in [5, 5.41) is 25.6. The number of phenols is 1. The van der Waals surface area contributed by atoms with Crippen LogP contribution >= 0.6 is 12.6 Å². The molecule has 0 aliphatic rings. The molecule has 3 aromatic carbocycles. The molecule has 0 amide bonds. The summed E-state index contributed by atoms with van der Waals surface area (Å²) in [4.78, 5) is 21.0. The first-order chi connectivity index (χ1) is 12.4. The Morgan fingerprint density at radius 2 is 0.962 bits per heavy atom. The summed E-state index contributed by atoms with van der Waals surface area (Å²) in [5.41, 5.74) is 0.662. The predicted molar refractivity (Wildman–Crippen MR) is 102 cm³/mol. The molecule has 0 saturated carbocycles. The van der Waals surface area contributed by atoms with E-state index < -0.39 is 11.9 Å². The van der Waals surface area contributed by atoms with E-state index in [-0.39, 0.29) is 5.75 Å². The van der Waals surface area contributed by atoms with E-state index in [0.29, 0.717) is 16.0 Å². The van der Waals surface area contributed by atoms with Crippen LogP contribution in [-0.4, -0.2) is 27.3 Å². The van der Waals surface area contributed by atoms with E-state index in [1.165, 1.54) is 0 Å². The third-order valence-corrected chi connectivity index (χ3v) is 3.30. The lowest BCUT2D eigenvalue weighted by atomic mass is 10.2. The molecule has 0 aromatic heterocycles. The lowest BCUT2D eigenvalue weighted by molar-refractivity contribution is 0.0686. The van der Waals surface area contributed by atoms with Crippen molar-refractivity contribution in [2.24, 2.45) is 0 Å². The number of para-hydroxylation sites is 1. The highest BCUT2D eigenvalue weighted by atomic mass is 32.1. The lowest BCUT2D eigenvalue weighted by Gasteiger charge is -1.91. The van der Waals surface area contributed by atoms with E-state index in [2.05, 4.69) is 12.6 Å². The summed E-state index contributed by atoms with van der Waals surface area (Å²) >= 11 is 3.95. The maximum atomic E-state index is 10.2. The van der Waals surface area contributed by atoms with Crippen LogP contribution in [0.1, 0.15) is 20.7 Å². The Kier molecular flexibility index (Phi) is 9.06. The molecule has 0 heterocycles. The van der Waals surface area contributed by atoms with Gasteiger partial charge in [0.15, 0.2) is 0 Å². The first-order valence-electron chi connectivity index (χ1n) is 7.45. The third-order valence-electron chi connectivity index (χ3n) is 2.92. The zero-order chi connectivity index (χ0) is 19.4. The molecule has 6 heteroatoms. The fraction of sp³-hybridized carbons (Fsp3) is 0. The van der Waals surface area contributed by atoms with Gasteiger partial charge in [0.05, 0.1) is 11.1 Å². The minimum Gasteiger partial charge on any atom is -0.507 e. The van der Waals surface area contributed by atoms with Crippen LogP contribution in [0, 0.1) is 0 Å². The smallest absolute Gasteiger partial charge is 0.335 e. The van der Waals surface area contributed by atoms with Crippen LogP contribution in [0.2, 0.25) is 0 Å². The first-order valence-corrected chi connectivity index (χ1v) is 7.90. The molecule has 0 fully saturated rings. The summed E-state index contributed by atoms with van der Waals surface area (Å²) in [7, 11) is 0. The molecule has 26 heavy (non-hydrogen) atoms. The SMILES string of the molecule is O=C(O)c1ccccc1.O=C(O)c1ccccc1.Oc1ccccc1S. The number of carbonyl (C=O) groups is 2. The Hall–Kier alpha value is -3.25. The number of benzene rings is 3. The largest absolute Gasteiger partial charge is 0.507 e.